The second kappa shape index (κ2) is 8.40. The number of fused-ring (bicyclic) bond motifs is 1. The number of anilines is 1. The maximum atomic E-state index is 12.3. The van der Waals surface area contributed by atoms with Gasteiger partial charge in [-0.25, -0.2) is 4.68 Å². The molecule has 2 aromatic rings. The number of carbonyl (C=O) groups is 2. The molecule has 1 aromatic heterocycles. The van der Waals surface area contributed by atoms with Gasteiger partial charge in [0.25, 0.3) is 0 Å². The van der Waals surface area contributed by atoms with Crippen LogP contribution in [0.25, 0.3) is 0 Å². The van der Waals surface area contributed by atoms with Crippen LogP contribution in [-0.4, -0.2) is 21.6 Å². The van der Waals surface area contributed by atoms with Gasteiger partial charge in [-0.1, -0.05) is 44.2 Å². The lowest BCUT2D eigenvalue weighted by molar-refractivity contribution is -0.122. The zero-order valence-electron chi connectivity index (χ0n) is 15.1. The topological polar surface area (TPSA) is 76.0 Å². The number of hydrogen-bond donors (Lipinski definition) is 2. The summed E-state index contributed by atoms with van der Waals surface area (Å²) in [5.41, 5.74) is 3.05. The van der Waals surface area contributed by atoms with Crippen molar-refractivity contribution in [3.05, 3.63) is 47.2 Å². The molecule has 0 bridgehead atoms. The monoisotopic (exact) mass is 372 g/mol. The first-order valence-electron chi connectivity index (χ1n) is 8.79. The van der Waals surface area contributed by atoms with Crippen LogP contribution >= 0.6 is 11.8 Å². The van der Waals surface area contributed by atoms with Crippen molar-refractivity contribution in [3.8, 4) is 0 Å². The molecule has 0 atom stereocenters. The minimum atomic E-state index is -0.123. The smallest absolute Gasteiger partial charge is 0.242 e. The molecule has 0 radical (unpaired) electrons. The molecule has 1 aliphatic heterocycles. The van der Waals surface area contributed by atoms with E-state index in [-0.39, 0.29) is 24.3 Å². The van der Waals surface area contributed by atoms with E-state index in [0.29, 0.717) is 18.8 Å². The molecule has 26 heavy (non-hydrogen) atoms. The number of nitrogens with zero attached hydrogens (tertiary/aromatic N) is 2. The van der Waals surface area contributed by atoms with Gasteiger partial charge in [-0.05, 0) is 11.5 Å². The molecule has 0 fully saturated rings. The molecule has 138 valence electrons. The van der Waals surface area contributed by atoms with Crippen LogP contribution in [0.3, 0.4) is 0 Å². The van der Waals surface area contributed by atoms with Crippen LogP contribution in [0.2, 0.25) is 0 Å². The molecule has 0 saturated carbocycles. The van der Waals surface area contributed by atoms with E-state index >= 15 is 0 Å². The van der Waals surface area contributed by atoms with Gasteiger partial charge in [0.1, 0.15) is 12.4 Å². The molecule has 0 aliphatic carbocycles. The number of nitrogens with one attached hydrogen (secondary N) is 2. The Bertz CT molecular complexity index is 786. The third-order valence-electron chi connectivity index (χ3n) is 4.10. The van der Waals surface area contributed by atoms with Crippen LogP contribution in [-0.2, 0) is 34.2 Å². The Hall–Kier alpha value is -2.28. The lowest BCUT2D eigenvalue weighted by Crippen LogP contribution is -2.29. The predicted octanol–water partition coefficient (Wildman–Crippen LogP) is 2.93. The Balaban J connectivity index is 1.67. The van der Waals surface area contributed by atoms with Crippen LogP contribution in [0.15, 0.2) is 30.3 Å². The van der Waals surface area contributed by atoms with Crippen molar-refractivity contribution in [2.45, 2.75) is 44.9 Å². The molecule has 2 heterocycles. The van der Waals surface area contributed by atoms with Crippen molar-refractivity contribution in [1.29, 1.82) is 0 Å². The SMILES string of the molecule is CC(C)CC(=O)Nc1c2c(nn1CC(=O)NCc1ccccc1)CSC2. The van der Waals surface area contributed by atoms with E-state index in [1.807, 2.05) is 44.2 Å². The third kappa shape index (κ3) is 4.66. The van der Waals surface area contributed by atoms with Crippen molar-refractivity contribution in [2.75, 3.05) is 5.32 Å². The van der Waals surface area contributed by atoms with Crippen LogP contribution in [0.1, 0.15) is 37.1 Å². The highest BCUT2D eigenvalue weighted by Gasteiger charge is 2.25. The quantitative estimate of drug-likeness (QED) is 0.783. The van der Waals surface area contributed by atoms with Crippen LogP contribution in [0, 0.1) is 5.92 Å². The minimum absolute atomic E-state index is 0.0365. The third-order valence-corrected chi connectivity index (χ3v) is 5.07. The lowest BCUT2D eigenvalue weighted by Gasteiger charge is -2.12. The number of amides is 2. The first kappa shape index (κ1) is 18.5. The van der Waals surface area contributed by atoms with Crippen molar-refractivity contribution in [2.24, 2.45) is 5.92 Å². The molecule has 0 unspecified atom stereocenters. The molecule has 2 N–H and O–H groups in total. The Morgan fingerprint density at radius 2 is 1.96 bits per heavy atom. The summed E-state index contributed by atoms with van der Waals surface area (Å²) < 4.78 is 1.63. The number of thioether (sulfide) groups is 1. The summed E-state index contributed by atoms with van der Waals surface area (Å²) in [6.07, 6.45) is 0.452. The first-order valence-corrected chi connectivity index (χ1v) is 9.95. The van der Waals surface area contributed by atoms with Crippen LogP contribution in [0.5, 0.6) is 0 Å². The van der Waals surface area contributed by atoms with Gasteiger partial charge >= 0.3 is 0 Å². The molecular formula is C19H24N4O2S. The maximum absolute atomic E-state index is 12.3. The Morgan fingerprint density at radius 1 is 1.19 bits per heavy atom. The van der Waals surface area contributed by atoms with E-state index in [1.165, 1.54) is 0 Å². The summed E-state index contributed by atoms with van der Waals surface area (Å²) in [5.74, 6) is 2.43. The summed E-state index contributed by atoms with van der Waals surface area (Å²) in [7, 11) is 0. The molecule has 3 rings (SSSR count). The first-order chi connectivity index (χ1) is 12.5. The predicted molar refractivity (Wildman–Crippen MR) is 104 cm³/mol. The molecule has 7 heteroatoms. The van der Waals surface area contributed by atoms with E-state index in [4.69, 9.17) is 0 Å². The highest BCUT2D eigenvalue weighted by Crippen LogP contribution is 2.34. The zero-order valence-corrected chi connectivity index (χ0v) is 15.9. The van der Waals surface area contributed by atoms with E-state index in [0.717, 1.165) is 28.3 Å². The van der Waals surface area contributed by atoms with Gasteiger partial charge in [-0.2, -0.15) is 16.9 Å². The number of hydrogen-bond acceptors (Lipinski definition) is 4. The Morgan fingerprint density at radius 3 is 2.69 bits per heavy atom. The van der Waals surface area contributed by atoms with Gasteiger partial charge in [0.05, 0.1) is 5.69 Å². The minimum Gasteiger partial charge on any atom is -0.350 e. The summed E-state index contributed by atoms with van der Waals surface area (Å²) in [5, 5.41) is 10.4. The van der Waals surface area contributed by atoms with Crippen molar-refractivity contribution in [3.63, 3.8) is 0 Å². The largest absolute Gasteiger partial charge is 0.350 e. The van der Waals surface area contributed by atoms with Gasteiger partial charge in [0.15, 0.2) is 0 Å². The fourth-order valence-corrected chi connectivity index (χ4v) is 3.90. The Labute approximate surface area is 157 Å². The van der Waals surface area contributed by atoms with Gasteiger partial charge < -0.3 is 10.6 Å². The van der Waals surface area contributed by atoms with Crippen LogP contribution < -0.4 is 10.6 Å². The maximum Gasteiger partial charge on any atom is 0.242 e. The van der Waals surface area contributed by atoms with Gasteiger partial charge in [-0.15, -0.1) is 0 Å². The highest BCUT2D eigenvalue weighted by molar-refractivity contribution is 7.98. The van der Waals surface area contributed by atoms with Crippen molar-refractivity contribution in [1.82, 2.24) is 15.1 Å². The molecule has 1 aromatic carbocycles. The normalized spacial score (nSPS) is 12.9. The van der Waals surface area contributed by atoms with Crippen LogP contribution in [0.4, 0.5) is 5.82 Å². The number of aromatic nitrogens is 2. The second-order valence-corrected chi connectivity index (χ2v) is 7.82. The lowest BCUT2D eigenvalue weighted by atomic mass is 10.1. The fourth-order valence-electron chi connectivity index (χ4n) is 2.86. The van der Waals surface area contributed by atoms with Gasteiger partial charge in [-0.3, -0.25) is 9.59 Å². The second-order valence-electron chi connectivity index (χ2n) is 6.83. The van der Waals surface area contributed by atoms with Gasteiger partial charge in [0.2, 0.25) is 11.8 Å². The summed E-state index contributed by atoms with van der Waals surface area (Å²) >= 11 is 1.77. The fraction of sp³-hybridized carbons (Fsp3) is 0.421. The van der Waals surface area contributed by atoms with E-state index < -0.39 is 0 Å². The average molecular weight is 372 g/mol. The standard InChI is InChI=1S/C19H24N4O2S/c1-13(2)8-17(24)21-19-15-11-26-12-16(15)22-23(19)10-18(25)20-9-14-6-4-3-5-7-14/h3-7,13H,8-12H2,1-2H3,(H,20,25)(H,21,24). The number of carbonyl (C=O) groups excluding carboxylic acids is 2. The number of rotatable bonds is 7. The highest BCUT2D eigenvalue weighted by atomic mass is 32.2. The molecule has 6 nitrogen and oxygen atoms in total. The van der Waals surface area contributed by atoms with Crippen molar-refractivity contribution >= 4 is 29.4 Å². The molecular weight excluding hydrogens is 348 g/mol. The average Bonchev–Trinajstić information content (AvgIpc) is 3.16. The number of benzene rings is 1. The molecule has 2 amide bonds. The van der Waals surface area contributed by atoms with Gasteiger partial charge in [0, 0.05) is 30.0 Å². The zero-order chi connectivity index (χ0) is 18.5. The molecule has 0 spiro atoms. The Kier molecular flexibility index (Phi) is 5.98. The summed E-state index contributed by atoms with van der Waals surface area (Å²) in [6.45, 7) is 4.59. The summed E-state index contributed by atoms with van der Waals surface area (Å²) in [4.78, 5) is 24.5. The summed E-state index contributed by atoms with van der Waals surface area (Å²) in [6, 6.07) is 9.77. The van der Waals surface area contributed by atoms with E-state index in [9.17, 15) is 9.59 Å². The van der Waals surface area contributed by atoms with E-state index in [2.05, 4.69) is 15.7 Å². The molecule has 1 aliphatic rings. The van der Waals surface area contributed by atoms with Crippen molar-refractivity contribution < 1.29 is 9.59 Å². The molecule has 0 saturated heterocycles. The van der Waals surface area contributed by atoms with E-state index in [1.54, 1.807) is 16.4 Å².